The summed E-state index contributed by atoms with van der Waals surface area (Å²) in [4.78, 5) is 28.2. The fourth-order valence-electron chi connectivity index (χ4n) is 1.05. The third kappa shape index (κ3) is 4.31. The van der Waals surface area contributed by atoms with Crippen LogP contribution in [0, 0.1) is 6.92 Å². The number of carbonyl (C=O) groups is 1. The Kier molecular flexibility index (Phi) is 4.30. The summed E-state index contributed by atoms with van der Waals surface area (Å²) in [6, 6.07) is 1.41. The third-order valence-electron chi connectivity index (χ3n) is 1.65. The average Bonchev–Trinajstić information content (AvgIpc) is 2.12. The van der Waals surface area contributed by atoms with Crippen molar-refractivity contribution in [1.29, 1.82) is 0 Å². The smallest absolute Gasteiger partial charge is 0.328 e. The van der Waals surface area contributed by atoms with Crippen LogP contribution in [0.15, 0.2) is 27.7 Å². The van der Waals surface area contributed by atoms with Crippen molar-refractivity contribution in [2.24, 2.45) is 0 Å². The number of aryl methyl sites for hydroxylation is 1. The maximum atomic E-state index is 11.1. The topological polar surface area (TPSA) is 83.0 Å². The summed E-state index contributed by atoms with van der Waals surface area (Å²) in [7, 11) is 0. The largest absolute Gasteiger partial charge is 0.478 e. The molecule has 0 unspecified atom stereocenters. The van der Waals surface area contributed by atoms with Gasteiger partial charge in [-0.15, -0.1) is 0 Å². The molecule has 0 saturated heterocycles. The molecule has 86 valence electrons. The fraction of sp³-hybridized carbons (Fsp3) is 0.300. The molecule has 0 aliphatic heterocycles. The number of thioether (sulfide) groups is 1. The van der Waals surface area contributed by atoms with Gasteiger partial charge in [0.25, 0.3) is 5.56 Å². The number of nitrogens with one attached hydrogen (secondary N) is 1. The summed E-state index contributed by atoms with van der Waals surface area (Å²) in [5.41, 5.74) is 1.16. The van der Waals surface area contributed by atoms with Gasteiger partial charge in [-0.1, -0.05) is 17.3 Å². The van der Waals surface area contributed by atoms with E-state index in [1.54, 1.807) is 13.8 Å². The predicted octanol–water partition coefficient (Wildman–Crippen LogP) is 1.20. The summed E-state index contributed by atoms with van der Waals surface area (Å²) in [6.07, 6.45) is 1.14. The highest BCUT2D eigenvalue weighted by Crippen LogP contribution is 2.14. The minimum absolute atomic E-state index is 0.199. The van der Waals surface area contributed by atoms with Crippen LogP contribution in [0.2, 0.25) is 0 Å². The molecule has 16 heavy (non-hydrogen) atoms. The minimum atomic E-state index is -0.969. The molecule has 6 heteroatoms. The van der Waals surface area contributed by atoms with Gasteiger partial charge in [-0.25, -0.2) is 9.78 Å². The molecule has 0 bridgehead atoms. The van der Waals surface area contributed by atoms with E-state index in [0.717, 1.165) is 6.08 Å². The van der Waals surface area contributed by atoms with Crippen molar-refractivity contribution < 1.29 is 9.90 Å². The average molecular weight is 240 g/mol. The van der Waals surface area contributed by atoms with Crippen molar-refractivity contribution in [1.82, 2.24) is 9.97 Å². The molecule has 1 aromatic rings. The van der Waals surface area contributed by atoms with Gasteiger partial charge in [-0.05, 0) is 13.8 Å². The second kappa shape index (κ2) is 5.50. The summed E-state index contributed by atoms with van der Waals surface area (Å²) in [5, 5.41) is 9.01. The van der Waals surface area contributed by atoms with Crippen LogP contribution >= 0.6 is 11.8 Å². The fourth-order valence-corrected chi connectivity index (χ4v) is 1.88. The molecular formula is C10H12N2O3S. The van der Waals surface area contributed by atoms with Gasteiger partial charge in [0.2, 0.25) is 0 Å². The van der Waals surface area contributed by atoms with Gasteiger partial charge in [-0.3, -0.25) is 4.79 Å². The van der Waals surface area contributed by atoms with Crippen LogP contribution in [0.4, 0.5) is 0 Å². The van der Waals surface area contributed by atoms with Crippen molar-refractivity contribution >= 4 is 17.7 Å². The zero-order valence-corrected chi connectivity index (χ0v) is 9.80. The van der Waals surface area contributed by atoms with E-state index in [0.29, 0.717) is 22.2 Å². The monoisotopic (exact) mass is 240 g/mol. The van der Waals surface area contributed by atoms with Gasteiger partial charge < -0.3 is 10.1 Å². The molecule has 1 rings (SSSR count). The van der Waals surface area contributed by atoms with Gasteiger partial charge in [0, 0.05) is 23.6 Å². The molecule has 0 aliphatic carbocycles. The molecule has 2 N–H and O–H groups in total. The van der Waals surface area contributed by atoms with Crippen LogP contribution in [-0.2, 0) is 4.79 Å². The molecular weight excluding hydrogens is 228 g/mol. The number of aromatic amines is 1. The number of H-pyrrole nitrogens is 1. The molecule has 1 aromatic heterocycles. The molecule has 0 aromatic carbocycles. The molecule has 0 amide bonds. The van der Waals surface area contributed by atoms with Crippen molar-refractivity contribution in [3.63, 3.8) is 0 Å². The Balaban J connectivity index is 2.68. The van der Waals surface area contributed by atoms with E-state index in [2.05, 4.69) is 9.97 Å². The van der Waals surface area contributed by atoms with E-state index in [4.69, 9.17) is 5.11 Å². The van der Waals surface area contributed by atoms with Crippen LogP contribution in [-0.4, -0.2) is 26.8 Å². The summed E-state index contributed by atoms with van der Waals surface area (Å²) < 4.78 is 0. The highest BCUT2D eigenvalue weighted by molar-refractivity contribution is 7.99. The molecule has 0 fully saturated rings. The van der Waals surface area contributed by atoms with Crippen LogP contribution in [0.3, 0.4) is 0 Å². The van der Waals surface area contributed by atoms with Crippen LogP contribution in [0.25, 0.3) is 0 Å². The maximum absolute atomic E-state index is 11.1. The molecule has 0 aliphatic rings. The van der Waals surface area contributed by atoms with Gasteiger partial charge >= 0.3 is 5.97 Å². The molecule has 0 saturated carbocycles. The number of hydrogen-bond acceptors (Lipinski definition) is 4. The molecule has 0 radical (unpaired) electrons. The van der Waals surface area contributed by atoms with Crippen LogP contribution < -0.4 is 5.56 Å². The van der Waals surface area contributed by atoms with Gasteiger partial charge in [0.15, 0.2) is 5.16 Å². The number of aliphatic carboxylic acids is 1. The Morgan fingerprint density at radius 2 is 2.38 bits per heavy atom. The van der Waals surface area contributed by atoms with E-state index < -0.39 is 5.97 Å². The van der Waals surface area contributed by atoms with Crippen LogP contribution in [0.1, 0.15) is 12.6 Å². The predicted molar refractivity (Wildman–Crippen MR) is 61.7 cm³/mol. The Hall–Kier alpha value is -1.56. The Morgan fingerprint density at radius 3 is 2.94 bits per heavy atom. The second-order valence-corrected chi connectivity index (χ2v) is 4.27. The Labute approximate surface area is 96.6 Å². The Bertz CT molecular complexity index is 479. The van der Waals surface area contributed by atoms with Crippen molar-refractivity contribution in [2.75, 3.05) is 5.75 Å². The number of rotatable bonds is 4. The van der Waals surface area contributed by atoms with E-state index in [1.807, 2.05) is 0 Å². The first-order valence-corrected chi connectivity index (χ1v) is 5.57. The Morgan fingerprint density at radius 1 is 1.69 bits per heavy atom. The quantitative estimate of drug-likeness (QED) is 0.469. The maximum Gasteiger partial charge on any atom is 0.328 e. The second-order valence-electron chi connectivity index (χ2n) is 3.31. The molecule has 0 spiro atoms. The molecule has 0 atom stereocenters. The minimum Gasteiger partial charge on any atom is -0.478 e. The summed E-state index contributed by atoms with van der Waals surface area (Å²) >= 11 is 1.30. The van der Waals surface area contributed by atoms with E-state index in [9.17, 15) is 9.59 Å². The summed E-state index contributed by atoms with van der Waals surface area (Å²) in [5.74, 6) is -0.484. The number of hydrogen-bond donors (Lipinski definition) is 2. The molecule has 1 heterocycles. The van der Waals surface area contributed by atoms with E-state index in [-0.39, 0.29) is 5.56 Å². The van der Waals surface area contributed by atoms with Gasteiger partial charge in [0.1, 0.15) is 0 Å². The lowest BCUT2D eigenvalue weighted by Crippen LogP contribution is -2.08. The normalized spacial score (nSPS) is 11.5. The van der Waals surface area contributed by atoms with Gasteiger partial charge in [-0.2, -0.15) is 0 Å². The zero-order valence-electron chi connectivity index (χ0n) is 8.98. The van der Waals surface area contributed by atoms with Crippen molar-refractivity contribution in [2.45, 2.75) is 19.0 Å². The van der Waals surface area contributed by atoms with Crippen LogP contribution in [0.5, 0.6) is 0 Å². The number of aromatic nitrogens is 2. The first kappa shape index (κ1) is 12.5. The zero-order chi connectivity index (χ0) is 12.1. The third-order valence-corrected chi connectivity index (χ3v) is 2.72. The first-order chi connectivity index (χ1) is 7.47. The number of carboxylic acids is 1. The lowest BCUT2D eigenvalue weighted by molar-refractivity contribution is -0.131. The lowest BCUT2D eigenvalue weighted by Gasteiger charge is -2.01. The van der Waals surface area contributed by atoms with Gasteiger partial charge in [0.05, 0.1) is 0 Å². The van der Waals surface area contributed by atoms with E-state index >= 15 is 0 Å². The summed E-state index contributed by atoms with van der Waals surface area (Å²) in [6.45, 7) is 3.45. The lowest BCUT2D eigenvalue weighted by atomic mass is 10.3. The van der Waals surface area contributed by atoms with Crippen molar-refractivity contribution in [3.05, 3.63) is 33.8 Å². The first-order valence-electron chi connectivity index (χ1n) is 4.58. The number of carboxylic acid groups (broad SMARTS) is 1. The SMILES string of the molecule is CC(=CC(=O)O)CSc1nc(C)cc(=O)[nH]1. The standard InChI is InChI=1S/C10H12N2O3S/c1-6(3-9(14)15)5-16-10-11-7(2)4-8(13)12-10/h3-4H,5H2,1-2H3,(H,14,15)(H,11,12,13). The molecule has 5 nitrogen and oxygen atoms in total. The number of nitrogens with zero attached hydrogens (tertiary/aromatic N) is 1. The van der Waals surface area contributed by atoms with Crippen molar-refractivity contribution in [3.8, 4) is 0 Å². The highest BCUT2D eigenvalue weighted by atomic mass is 32.2. The highest BCUT2D eigenvalue weighted by Gasteiger charge is 2.01. The van der Waals surface area contributed by atoms with E-state index in [1.165, 1.54) is 17.8 Å².